The van der Waals surface area contributed by atoms with E-state index in [1.165, 1.54) is 29.2 Å². The molecule has 2 aromatic carbocycles. The first-order valence-corrected chi connectivity index (χ1v) is 6.42. The van der Waals surface area contributed by atoms with Crippen LogP contribution in [0, 0.1) is 5.82 Å². The zero-order chi connectivity index (χ0) is 15.2. The number of halogens is 1. The maximum Gasteiger partial charge on any atom is 0.313 e. The Morgan fingerprint density at radius 3 is 2.29 bits per heavy atom. The molecule has 0 fully saturated rings. The number of likely N-dealkylation sites (N-methyl/N-ethyl adjacent to an activating group) is 1. The Morgan fingerprint density at radius 1 is 1.05 bits per heavy atom. The molecular formula is C16H15FN2O2. The van der Waals surface area contributed by atoms with Crippen LogP contribution in [0.1, 0.15) is 5.56 Å². The molecule has 2 amide bonds. The second-order valence-corrected chi connectivity index (χ2v) is 4.61. The number of hydrogen-bond acceptors (Lipinski definition) is 2. The van der Waals surface area contributed by atoms with E-state index in [0.717, 1.165) is 5.56 Å². The molecule has 0 saturated carbocycles. The smallest absolute Gasteiger partial charge is 0.313 e. The van der Waals surface area contributed by atoms with Crippen LogP contribution in [0.5, 0.6) is 0 Å². The van der Waals surface area contributed by atoms with Gasteiger partial charge in [0.15, 0.2) is 0 Å². The topological polar surface area (TPSA) is 49.4 Å². The SMILES string of the molecule is CN(Cc1ccccc1)C(=O)C(=O)Nc1ccc(F)cc1. The zero-order valence-corrected chi connectivity index (χ0v) is 11.5. The van der Waals surface area contributed by atoms with Crippen molar-refractivity contribution in [2.75, 3.05) is 12.4 Å². The molecule has 0 aromatic heterocycles. The van der Waals surface area contributed by atoms with Crippen molar-refractivity contribution < 1.29 is 14.0 Å². The number of benzene rings is 2. The van der Waals surface area contributed by atoms with E-state index < -0.39 is 17.6 Å². The van der Waals surface area contributed by atoms with E-state index in [-0.39, 0.29) is 0 Å². The van der Waals surface area contributed by atoms with Crippen LogP contribution in [0.4, 0.5) is 10.1 Å². The summed E-state index contributed by atoms with van der Waals surface area (Å²) in [4.78, 5) is 25.1. The fourth-order valence-electron chi connectivity index (χ4n) is 1.82. The summed E-state index contributed by atoms with van der Waals surface area (Å²) in [5.41, 5.74) is 1.31. The first kappa shape index (κ1) is 14.7. The summed E-state index contributed by atoms with van der Waals surface area (Å²) in [7, 11) is 1.56. The second kappa shape index (κ2) is 6.65. The van der Waals surface area contributed by atoms with Gasteiger partial charge in [-0.3, -0.25) is 9.59 Å². The van der Waals surface area contributed by atoms with Gasteiger partial charge in [-0.1, -0.05) is 30.3 Å². The van der Waals surface area contributed by atoms with E-state index in [0.29, 0.717) is 12.2 Å². The lowest BCUT2D eigenvalue weighted by Gasteiger charge is -2.16. The summed E-state index contributed by atoms with van der Waals surface area (Å²) in [6.45, 7) is 0.344. The maximum atomic E-state index is 12.8. The average molecular weight is 286 g/mol. The Kier molecular flexibility index (Phi) is 4.66. The van der Waals surface area contributed by atoms with Crippen LogP contribution >= 0.6 is 0 Å². The lowest BCUT2D eigenvalue weighted by atomic mass is 10.2. The van der Waals surface area contributed by atoms with Crippen LogP contribution in [0.2, 0.25) is 0 Å². The van der Waals surface area contributed by atoms with Crippen LogP contribution in [0.3, 0.4) is 0 Å². The molecule has 1 N–H and O–H groups in total. The highest BCUT2D eigenvalue weighted by atomic mass is 19.1. The number of carbonyl (C=O) groups excluding carboxylic acids is 2. The highest BCUT2D eigenvalue weighted by Crippen LogP contribution is 2.09. The summed E-state index contributed by atoms with van der Waals surface area (Å²) >= 11 is 0. The van der Waals surface area contributed by atoms with Crippen LogP contribution in [0.15, 0.2) is 54.6 Å². The van der Waals surface area contributed by atoms with Gasteiger partial charge in [-0.15, -0.1) is 0 Å². The van der Waals surface area contributed by atoms with E-state index in [4.69, 9.17) is 0 Å². The average Bonchev–Trinajstić information content (AvgIpc) is 2.49. The van der Waals surface area contributed by atoms with Crippen molar-refractivity contribution in [3.05, 3.63) is 66.0 Å². The standard InChI is InChI=1S/C16H15FN2O2/c1-19(11-12-5-3-2-4-6-12)16(21)15(20)18-14-9-7-13(17)8-10-14/h2-10H,11H2,1H3,(H,18,20). The van der Waals surface area contributed by atoms with Crippen molar-refractivity contribution in [1.29, 1.82) is 0 Å². The van der Waals surface area contributed by atoms with Gasteiger partial charge < -0.3 is 10.2 Å². The molecule has 0 spiro atoms. The van der Waals surface area contributed by atoms with Crippen LogP contribution in [-0.4, -0.2) is 23.8 Å². The molecule has 4 nitrogen and oxygen atoms in total. The number of carbonyl (C=O) groups is 2. The Morgan fingerprint density at radius 2 is 1.67 bits per heavy atom. The fourth-order valence-corrected chi connectivity index (χ4v) is 1.82. The van der Waals surface area contributed by atoms with Gasteiger partial charge in [-0.2, -0.15) is 0 Å². The maximum absolute atomic E-state index is 12.8. The predicted octanol–water partition coefficient (Wildman–Crippen LogP) is 2.42. The van der Waals surface area contributed by atoms with Crippen molar-refractivity contribution in [2.45, 2.75) is 6.54 Å². The molecule has 0 aliphatic heterocycles. The normalized spacial score (nSPS) is 10.0. The molecule has 0 heterocycles. The third kappa shape index (κ3) is 4.14. The third-order valence-electron chi connectivity index (χ3n) is 2.91. The van der Waals surface area contributed by atoms with Gasteiger partial charge in [0.25, 0.3) is 0 Å². The summed E-state index contributed by atoms with van der Waals surface area (Å²) in [5, 5.41) is 2.44. The lowest BCUT2D eigenvalue weighted by molar-refractivity contribution is -0.142. The first-order valence-electron chi connectivity index (χ1n) is 6.42. The molecule has 0 atom stereocenters. The molecule has 0 unspecified atom stereocenters. The van der Waals surface area contributed by atoms with E-state index >= 15 is 0 Å². The van der Waals surface area contributed by atoms with Gasteiger partial charge in [0.05, 0.1) is 0 Å². The van der Waals surface area contributed by atoms with Crippen LogP contribution < -0.4 is 5.32 Å². The van der Waals surface area contributed by atoms with Gasteiger partial charge in [0, 0.05) is 19.3 Å². The van der Waals surface area contributed by atoms with Crippen LogP contribution in [-0.2, 0) is 16.1 Å². The fraction of sp³-hybridized carbons (Fsp3) is 0.125. The summed E-state index contributed by atoms with van der Waals surface area (Å²) in [5.74, 6) is -1.80. The number of hydrogen-bond donors (Lipinski definition) is 1. The van der Waals surface area contributed by atoms with Crippen molar-refractivity contribution in [3.63, 3.8) is 0 Å². The van der Waals surface area contributed by atoms with Crippen molar-refractivity contribution >= 4 is 17.5 Å². The van der Waals surface area contributed by atoms with E-state index in [9.17, 15) is 14.0 Å². The third-order valence-corrected chi connectivity index (χ3v) is 2.91. The van der Waals surface area contributed by atoms with Crippen molar-refractivity contribution in [3.8, 4) is 0 Å². The monoisotopic (exact) mass is 286 g/mol. The van der Waals surface area contributed by atoms with Gasteiger partial charge in [0.2, 0.25) is 0 Å². The second-order valence-electron chi connectivity index (χ2n) is 4.61. The lowest BCUT2D eigenvalue weighted by Crippen LogP contribution is -2.36. The highest BCUT2D eigenvalue weighted by Gasteiger charge is 2.18. The molecule has 0 aliphatic rings. The Bertz CT molecular complexity index is 626. The van der Waals surface area contributed by atoms with Gasteiger partial charge >= 0.3 is 11.8 Å². The Labute approximate surface area is 122 Å². The minimum atomic E-state index is -0.750. The van der Waals surface area contributed by atoms with Crippen LogP contribution in [0.25, 0.3) is 0 Å². The highest BCUT2D eigenvalue weighted by molar-refractivity contribution is 6.39. The molecule has 0 radical (unpaired) electrons. The molecule has 0 aliphatic carbocycles. The van der Waals surface area contributed by atoms with Crippen molar-refractivity contribution in [2.24, 2.45) is 0 Å². The van der Waals surface area contributed by atoms with E-state index in [1.54, 1.807) is 7.05 Å². The molecule has 2 aromatic rings. The summed E-state index contributed by atoms with van der Waals surface area (Å²) < 4.78 is 12.8. The number of nitrogens with one attached hydrogen (secondary N) is 1. The van der Waals surface area contributed by atoms with Gasteiger partial charge in [0.1, 0.15) is 5.82 Å². The minimum Gasteiger partial charge on any atom is -0.333 e. The summed E-state index contributed by atoms with van der Waals surface area (Å²) in [6.07, 6.45) is 0. The van der Waals surface area contributed by atoms with E-state index in [1.807, 2.05) is 30.3 Å². The predicted molar refractivity (Wildman–Crippen MR) is 77.9 cm³/mol. The quantitative estimate of drug-likeness (QED) is 0.881. The molecular weight excluding hydrogens is 271 g/mol. The number of amides is 2. The van der Waals surface area contributed by atoms with Gasteiger partial charge in [-0.25, -0.2) is 4.39 Å². The molecule has 2 rings (SSSR count). The molecule has 21 heavy (non-hydrogen) atoms. The minimum absolute atomic E-state index is 0.344. The first-order chi connectivity index (χ1) is 10.1. The molecule has 5 heteroatoms. The number of nitrogens with zero attached hydrogens (tertiary/aromatic N) is 1. The molecule has 108 valence electrons. The van der Waals surface area contributed by atoms with Crippen molar-refractivity contribution in [1.82, 2.24) is 4.90 Å². The number of rotatable bonds is 3. The Balaban J connectivity index is 1.95. The number of anilines is 1. The molecule has 0 bridgehead atoms. The summed E-state index contributed by atoms with van der Waals surface area (Å²) in [6, 6.07) is 14.6. The Hall–Kier alpha value is -2.69. The van der Waals surface area contributed by atoms with Gasteiger partial charge in [-0.05, 0) is 29.8 Å². The molecule has 0 saturated heterocycles. The zero-order valence-electron chi connectivity index (χ0n) is 11.5. The largest absolute Gasteiger partial charge is 0.333 e. The van der Waals surface area contributed by atoms with E-state index in [2.05, 4.69) is 5.32 Å².